The van der Waals surface area contributed by atoms with Crippen molar-refractivity contribution < 1.29 is 9.21 Å². The Morgan fingerprint density at radius 3 is 2.66 bits per heavy atom. The molecule has 0 spiro atoms. The summed E-state index contributed by atoms with van der Waals surface area (Å²) in [7, 11) is 0. The van der Waals surface area contributed by atoms with Crippen molar-refractivity contribution in [2.75, 3.05) is 0 Å². The average molecular weight is 408 g/mol. The van der Waals surface area contributed by atoms with E-state index in [1.807, 2.05) is 69.3 Å². The Hall–Kier alpha value is -3.05. The van der Waals surface area contributed by atoms with E-state index in [9.17, 15) is 4.79 Å². The van der Waals surface area contributed by atoms with E-state index in [0.29, 0.717) is 17.3 Å². The van der Waals surface area contributed by atoms with Gasteiger partial charge in [-0.05, 0) is 45.0 Å². The lowest BCUT2D eigenvalue weighted by molar-refractivity contribution is 0.0937. The number of aryl methyl sites for hydroxylation is 1. The highest BCUT2D eigenvalue weighted by molar-refractivity contribution is 6.31. The second-order valence-electron chi connectivity index (χ2n) is 7.42. The molecule has 4 rings (SSSR count). The van der Waals surface area contributed by atoms with E-state index in [2.05, 4.69) is 10.4 Å². The second-order valence-corrected chi connectivity index (χ2v) is 7.85. The molecule has 6 heteroatoms. The number of hydrogen-bond acceptors (Lipinski definition) is 3. The molecule has 0 aliphatic rings. The Kier molecular flexibility index (Phi) is 5.16. The quantitative estimate of drug-likeness (QED) is 0.479. The van der Waals surface area contributed by atoms with Gasteiger partial charge in [0.05, 0.1) is 6.54 Å². The number of nitrogens with zero attached hydrogens (tertiary/aromatic N) is 2. The number of amides is 1. The molecule has 2 aromatic carbocycles. The first-order valence-corrected chi connectivity index (χ1v) is 9.91. The first kappa shape index (κ1) is 19.3. The molecule has 0 atom stereocenters. The van der Waals surface area contributed by atoms with E-state index >= 15 is 0 Å². The van der Waals surface area contributed by atoms with Crippen molar-refractivity contribution in [1.82, 2.24) is 15.1 Å². The molecular formula is C23H22ClN3O2. The topological polar surface area (TPSA) is 60.1 Å². The molecule has 0 saturated carbocycles. The SMILES string of the molecule is Cc1cc(C(=O)NC(C)C)nn1Cc1cc(Cl)cc2cc(-c3ccccc3)oc12. The van der Waals surface area contributed by atoms with E-state index in [0.717, 1.165) is 33.6 Å². The van der Waals surface area contributed by atoms with Gasteiger partial charge in [-0.15, -0.1) is 0 Å². The van der Waals surface area contributed by atoms with Crippen molar-refractivity contribution in [3.63, 3.8) is 0 Å². The molecule has 4 aromatic rings. The van der Waals surface area contributed by atoms with Crippen molar-refractivity contribution in [3.8, 4) is 11.3 Å². The molecule has 148 valence electrons. The highest BCUT2D eigenvalue weighted by Gasteiger charge is 2.16. The fourth-order valence-electron chi connectivity index (χ4n) is 3.33. The van der Waals surface area contributed by atoms with Crippen LogP contribution in [0.15, 0.2) is 59.0 Å². The van der Waals surface area contributed by atoms with E-state index in [1.165, 1.54) is 0 Å². The van der Waals surface area contributed by atoms with Gasteiger partial charge in [-0.25, -0.2) is 0 Å². The Morgan fingerprint density at radius 1 is 1.17 bits per heavy atom. The molecule has 2 heterocycles. The van der Waals surface area contributed by atoms with Crippen LogP contribution >= 0.6 is 11.6 Å². The molecule has 0 aliphatic heterocycles. The summed E-state index contributed by atoms with van der Waals surface area (Å²) >= 11 is 6.36. The predicted octanol–water partition coefficient (Wildman–Crippen LogP) is 5.44. The summed E-state index contributed by atoms with van der Waals surface area (Å²) in [6, 6.07) is 17.6. The lowest BCUT2D eigenvalue weighted by Gasteiger charge is -2.07. The minimum Gasteiger partial charge on any atom is -0.456 e. The number of furan rings is 1. The number of benzene rings is 2. The molecule has 29 heavy (non-hydrogen) atoms. The van der Waals surface area contributed by atoms with Gasteiger partial charge in [0.25, 0.3) is 5.91 Å². The van der Waals surface area contributed by atoms with Gasteiger partial charge in [-0.2, -0.15) is 5.10 Å². The maximum Gasteiger partial charge on any atom is 0.271 e. The van der Waals surface area contributed by atoms with Gasteiger partial charge in [0, 0.05) is 33.3 Å². The highest BCUT2D eigenvalue weighted by atomic mass is 35.5. The fraction of sp³-hybridized carbons (Fsp3) is 0.217. The zero-order chi connectivity index (χ0) is 20.5. The summed E-state index contributed by atoms with van der Waals surface area (Å²) in [6.45, 7) is 6.23. The van der Waals surface area contributed by atoms with Gasteiger partial charge >= 0.3 is 0 Å². The molecular weight excluding hydrogens is 386 g/mol. The minimum absolute atomic E-state index is 0.0556. The maximum absolute atomic E-state index is 12.3. The summed E-state index contributed by atoms with van der Waals surface area (Å²) in [5.41, 5.74) is 3.99. The standard InChI is InChI=1S/C23H22ClN3O2/c1-14(2)25-23(28)20-9-15(3)27(26-20)13-18-11-19(24)10-17-12-21(29-22(17)18)16-7-5-4-6-8-16/h4-12,14H,13H2,1-3H3,(H,25,28). The molecule has 0 aliphatic carbocycles. The molecule has 1 amide bonds. The third-order valence-electron chi connectivity index (χ3n) is 4.67. The van der Waals surface area contributed by atoms with Crippen molar-refractivity contribution in [2.24, 2.45) is 0 Å². The van der Waals surface area contributed by atoms with Crippen LogP contribution in [-0.4, -0.2) is 21.7 Å². The second kappa shape index (κ2) is 7.76. The van der Waals surface area contributed by atoms with Gasteiger partial charge in [-0.1, -0.05) is 41.9 Å². The zero-order valence-electron chi connectivity index (χ0n) is 16.6. The molecule has 5 nitrogen and oxygen atoms in total. The molecule has 0 bridgehead atoms. The van der Waals surface area contributed by atoms with Crippen LogP contribution in [0.4, 0.5) is 0 Å². The first-order chi connectivity index (χ1) is 13.9. The van der Waals surface area contributed by atoms with Crippen molar-refractivity contribution >= 4 is 28.5 Å². The van der Waals surface area contributed by atoms with E-state index < -0.39 is 0 Å². The van der Waals surface area contributed by atoms with Crippen LogP contribution in [0.5, 0.6) is 0 Å². The number of nitrogens with one attached hydrogen (secondary N) is 1. The van der Waals surface area contributed by atoms with E-state index in [1.54, 1.807) is 10.7 Å². The summed E-state index contributed by atoms with van der Waals surface area (Å²) in [5.74, 6) is 0.612. The highest BCUT2D eigenvalue weighted by Crippen LogP contribution is 2.32. The molecule has 0 radical (unpaired) electrons. The lowest BCUT2D eigenvalue weighted by atomic mass is 10.1. The number of rotatable bonds is 5. The molecule has 0 unspecified atom stereocenters. The minimum atomic E-state index is -0.178. The number of fused-ring (bicyclic) bond motifs is 1. The van der Waals surface area contributed by atoms with Crippen LogP contribution in [0.3, 0.4) is 0 Å². The van der Waals surface area contributed by atoms with Crippen LogP contribution in [0.2, 0.25) is 5.02 Å². The summed E-state index contributed by atoms with van der Waals surface area (Å²) in [4.78, 5) is 12.3. The third-order valence-corrected chi connectivity index (χ3v) is 4.89. The number of aromatic nitrogens is 2. The third kappa shape index (κ3) is 4.05. The molecule has 0 saturated heterocycles. The van der Waals surface area contributed by atoms with Crippen molar-refractivity contribution in [2.45, 2.75) is 33.4 Å². The Labute approximate surface area is 174 Å². The summed E-state index contributed by atoms with van der Waals surface area (Å²) in [5, 5.41) is 8.92. The van der Waals surface area contributed by atoms with Crippen molar-refractivity contribution in [1.29, 1.82) is 0 Å². The van der Waals surface area contributed by atoms with Gasteiger partial charge in [0.15, 0.2) is 0 Å². The van der Waals surface area contributed by atoms with Crippen LogP contribution in [0.25, 0.3) is 22.3 Å². The Morgan fingerprint density at radius 2 is 1.93 bits per heavy atom. The Balaban J connectivity index is 1.70. The molecule has 1 N–H and O–H groups in total. The van der Waals surface area contributed by atoms with Crippen LogP contribution in [0.1, 0.15) is 35.6 Å². The first-order valence-electron chi connectivity index (χ1n) is 9.53. The number of carbonyl (C=O) groups is 1. The van der Waals surface area contributed by atoms with Gasteiger partial charge in [0.1, 0.15) is 17.0 Å². The fourth-order valence-corrected chi connectivity index (χ4v) is 3.58. The largest absolute Gasteiger partial charge is 0.456 e. The molecule has 0 fully saturated rings. The smallest absolute Gasteiger partial charge is 0.271 e. The molecule has 2 aromatic heterocycles. The van der Waals surface area contributed by atoms with Crippen LogP contribution in [-0.2, 0) is 6.54 Å². The van der Waals surface area contributed by atoms with Crippen molar-refractivity contribution in [3.05, 3.63) is 76.6 Å². The monoisotopic (exact) mass is 407 g/mol. The van der Waals surface area contributed by atoms with Gasteiger partial charge in [0.2, 0.25) is 0 Å². The van der Waals surface area contributed by atoms with Crippen LogP contribution in [0, 0.1) is 6.92 Å². The number of hydrogen-bond donors (Lipinski definition) is 1. The van der Waals surface area contributed by atoms with E-state index in [-0.39, 0.29) is 11.9 Å². The average Bonchev–Trinajstić information content (AvgIpc) is 3.26. The van der Waals surface area contributed by atoms with Crippen LogP contribution < -0.4 is 5.32 Å². The predicted molar refractivity (Wildman–Crippen MR) is 115 cm³/mol. The maximum atomic E-state index is 12.3. The summed E-state index contributed by atoms with van der Waals surface area (Å²) in [6.07, 6.45) is 0. The lowest BCUT2D eigenvalue weighted by Crippen LogP contribution is -2.30. The Bertz CT molecular complexity index is 1180. The zero-order valence-corrected chi connectivity index (χ0v) is 17.3. The number of carbonyl (C=O) groups excluding carboxylic acids is 1. The van der Waals surface area contributed by atoms with Gasteiger partial charge < -0.3 is 9.73 Å². The number of halogens is 1. The van der Waals surface area contributed by atoms with Gasteiger partial charge in [-0.3, -0.25) is 9.48 Å². The summed E-state index contributed by atoms with van der Waals surface area (Å²) < 4.78 is 7.98. The normalized spacial score (nSPS) is 11.3. The van der Waals surface area contributed by atoms with E-state index in [4.69, 9.17) is 16.0 Å².